The zero-order valence-corrected chi connectivity index (χ0v) is 10.8. The number of rotatable bonds is 5. The van der Waals surface area contributed by atoms with E-state index in [4.69, 9.17) is 5.11 Å². The maximum absolute atomic E-state index is 11.7. The smallest absolute Gasteiger partial charge is 0.221 e. The van der Waals surface area contributed by atoms with Crippen LogP contribution in [0.3, 0.4) is 0 Å². The Hall–Kier alpha value is -0.260. The molecule has 0 spiro atoms. The van der Waals surface area contributed by atoms with E-state index in [-0.39, 0.29) is 24.5 Å². The fourth-order valence-electron chi connectivity index (χ4n) is 1.59. The largest absolute Gasteiger partial charge is 0.396 e. The average Bonchev–Trinajstić information content (AvgIpc) is 2.29. The van der Waals surface area contributed by atoms with Crippen LogP contribution in [0.5, 0.6) is 0 Å². The summed E-state index contributed by atoms with van der Waals surface area (Å²) in [4.78, 5) is 11.7. The first-order chi connectivity index (χ1) is 7.63. The molecule has 0 radical (unpaired) electrons. The van der Waals surface area contributed by atoms with Gasteiger partial charge >= 0.3 is 0 Å². The molecule has 5 heteroatoms. The lowest BCUT2D eigenvalue weighted by Gasteiger charge is -2.24. The number of hydrogen-bond acceptors (Lipinski definition) is 4. The summed E-state index contributed by atoms with van der Waals surface area (Å²) in [7, 11) is 0. The molecule has 1 saturated heterocycles. The van der Waals surface area contributed by atoms with Gasteiger partial charge in [0.05, 0.1) is 0 Å². The summed E-state index contributed by atoms with van der Waals surface area (Å²) in [6.45, 7) is 4.96. The second kappa shape index (κ2) is 7.14. The predicted octanol–water partition coefficient (Wildman–Crippen LogP) is 0.215. The molecule has 94 valence electrons. The Morgan fingerprint density at radius 3 is 2.94 bits per heavy atom. The highest BCUT2D eigenvalue weighted by atomic mass is 32.2. The van der Waals surface area contributed by atoms with Gasteiger partial charge in [-0.05, 0) is 12.8 Å². The number of aliphatic hydroxyl groups excluding tert-OH is 1. The first-order valence-electron chi connectivity index (χ1n) is 5.84. The Morgan fingerprint density at radius 2 is 2.38 bits per heavy atom. The minimum atomic E-state index is 0.0359. The summed E-state index contributed by atoms with van der Waals surface area (Å²) >= 11 is 1.89. The Bertz CT molecular complexity index is 214. The molecule has 4 nitrogen and oxygen atoms in total. The monoisotopic (exact) mass is 246 g/mol. The van der Waals surface area contributed by atoms with E-state index in [0.29, 0.717) is 12.5 Å². The van der Waals surface area contributed by atoms with Gasteiger partial charge < -0.3 is 15.7 Å². The van der Waals surface area contributed by atoms with Crippen LogP contribution in [-0.4, -0.2) is 47.8 Å². The fraction of sp³-hybridized carbons (Fsp3) is 0.909. The number of amides is 1. The van der Waals surface area contributed by atoms with E-state index in [1.807, 2.05) is 25.6 Å². The maximum atomic E-state index is 11.7. The highest BCUT2D eigenvalue weighted by Crippen LogP contribution is 2.10. The Balaban J connectivity index is 2.23. The zero-order chi connectivity index (χ0) is 12.0. The first kappa shape index (κ1) is 13.8. The number of aliphatic hydroxyl groups is 1. The number of carbonyl (C=O) groups is 1. The van der Waals surface area contributed by atoms with Gasteiger partial charge in [0.2, 0.25) is 5.91 Å². The number of carbonyl (C=O) groups excluding carboxylic acids is 1. The molecule has 3 N–H and O–H groups in total. The number of hydrogen-bond donors (Lipinski definition) is 3. The van der Waals surface area contributed by atoms with Crippen LogP contribution in [-0.2, 0) is 4.79 Å². The van der Waals surface area contributed by atoms with E-state index in [2.05, 4.69) is 10.6 Å². The Morgan fingerprint density at radius 1 is 1.62 bits per heavy atom. The summed E-state index contributed by atoms with van der Waals surface area (Å²) in [6.07, 6.45) is 0.537. The van der Waals surface area contributed by atoms with Crippen molar-refractivity contribution in [1.82, 2.24) is 10.6 Å². The van der Waals surface area contributed by atoms with Crippen LogP contribution in [0.25, 0.3) is 0 Å². The molecule has 1 fully saturated rings. The third-order valence-electron chi connectivity index (χ3n) is 2.96. The SMILES string of the molecule is CC(CO)C(C)NC(=O)CC1CSCCN1. The van der Waals surface area contributed by atoms with Gasteiger partial charge in [0.25, 0.3) is 0 Å². The second-order valence-corrected chi connectivity index (χ2v) is 5.60. The summed E-state index contributed by atoms with van der Waals surface area (Å²) in [5, 5.41) is 15.2. The van der Waals surface area contributed by atoms with Crippen molar-refractivity contribution in [2.45, 2.75) is 32.4 Å². The van der Waals surface area contributed by atoms with Crippen molar-refractivity contribution in [1.29, 1.82) is 0 Å². The fourth-order valence-corrected chi connectivity index (χ4v) is 2.54. The quantitative estimate of drug-likeness (QED) is 0.649. The summed E-state index contributed by atoms with van der Waals surface area (Å²) in [5.41, 5.74) is 0. The van der Waals surface area contributed by atoms with Gasteiger partial charge in [-0.15, -0.1) is 0 Å². The van der Waals surface area contributed by atoms with Gasteiger partial charge in [-0.25, -0.2) is 0 Å². The van der Waals surface area contributed by atoms with Crippen molar-refractivity contribution in [3.8, 4) is 0 Å². The van der Waals surface area contributed by atoms with Gasteiger partial charge in [-0.1, -0.05) is 6.92 Å². The first-order valence-corrected chi connectivity index (χ1v) is 7.00. The molecular weight excluding hydrogens is 224 g/mol. The lowest BCUT2D eigenvalue weighted by Crippen LogP contribution is -2.44. The summed E-state index contributed by atoms with van der Waals surface area (Å²) < 4.78 is 0. The van der Waals surface area contributed by atoms with Crippen molar-refractivity contribution in [2.24, 2.45) is 5.92 Å². The van der Waals surface area contributed by atoms with Gasteiger partial charge in [0.15, 0.2) is 0 Å². The lowest BCUT2D eigenvalue weighted by molar-refractivity contribution is -0.122. The van der Waals surface area contributed by atoms with Crippen molar-refractivity contribution in [3.05, 3.63) is 0 Å². The minimum absolute atomic E-state index is 0.0359. The van der Waals surface area contributed by atoms with Crippen LogP contribution in [0.4, 0.5) is 0 Å². The van der Waals surface area contributed by atoms with E-state index in [1.165, 1.54) is 0 Å². The molecule has 1 rings (SSSR count). The van der Waals surface area contributed by atoms with Gasteiger partial charge in [-0.2, -0.15) is 11.8 Å². The Kier molecular flexibility index (Phi) is 6.16. The van der Waals surface area contributed by atoms with Crippen molar-refractivity contribution in [2.75, 3.05) is 24.7 Å². The topological polar surface area (TPSA) is 61.4 Å². The van der Waals surface area contributed by atoms with E-state index >= 15 is 0 Å². The molecule has 1 aliphatic rings. The molecule has 0 aromatic heterocycles. The van der Waals surface area contributed by atoms with E-state index in [0.717, 1.165) is 18.1 Å². The van der Waals surface area contributed by atoms with E-state index < -0.39 is 0 Å². The molecule has 1 heterocycles. The average molecular weight is 246 g/mol. The van der Waals surface area contributed by atoms with Crippen LogP contribution in [0.1, 0.15) is 20.3 Å². The van der Waals surface area contributed by atoms with Gasteiger partial charge in [-0.3, -0.25) is 4.79 Å². The molecule has 0 saturated carbocycles. The Labute approximate surface area is 102 Å². The van der Waals surface area contributed by atoms with Crippen LogP contribution in [0.15, 0.2) is 0 Å². The summed E-state index contributed by atoms with van der Waals surface area (Å²) in [5.74, 6) is 2.33. The molecule has 1 aliphatic heterocycles. The van der Waals surface area contributed by atoms with E-state index in [9.17, 15) is 4.79 Å². The molecule has 16 heavy (non-hydrogen) atoms. The van der Waals surface area contributed by atoms with Gasteiger partial charge in [0.1, 0.15) is 0 Å². The molecular formula is C11H22N2O2S. The highest BCUT2D eigenvalue weighted by Gasteiger charge is 2.19. The maximum Gasteiger partial charge on any atom is 0.221 e. The highest BCUT2D eigenvalue weighted by molar-refractivity contribution is 7.99. The number of thioether (sulfide) groups is 1. The molecule has 0 aliphatic carbocycles. The summed E-state index contributed by atoms with van der Waals surface area (Å²) in [6, 6.07) is 0.337. The molecule has 1 amide bonds. The standard InChI is InChI=1S/C11H22N2O2S/c1-8(6-14)9(2)13-11(15)5-10-7-16-4-3-12-10/h8-10,12,14H,3-7H2,1-2H3,(H,13,15). The zero-order valence-electron chi connectivity index (χ0n) is 10.0. The van der Waals surface area contributed by atoms with Gasteiger partial charge in [0, 0.05) is 43.2 Å². The normalized spacial score (nSPS) is 24.8. The van der Waals surface area contributed by atoms with Crippen LogP contribution < -0.4 is 10.6 Å². The predicted molar refractivity (Wildman–Crippen MR) is 67.6 cm³/mol. The van der Waals surface area contributed by atoms with Crippen LogP contribution in [0, 0.1) is 5.92 Å². The molecule has 0 bridgehead atoms. The van der Waals surface area contributed by atoms with Crippen LogP contribution >= 0.6 is 11.8 Å². The van der Waals surface area contributed by atoms with Crippen molar-refractivity contribution < 1.29 is 9.90 Å². The minimum Gasteiger partial charge on any atom is -0.396 e. The number of nitrogens with one attached hydrogen (secondary N) is 2. The third-order valence-corrected chi connectivity index (χ3v) is 4.09. The molecule has 0 aromatic carbocycles. The lowest BCUT2D eigenvalue weighted by atomic mass is 10.0. The third kappa shape index (κ3) is 4.72. The van der Waals surface area contributed by atoms with E-state index in [1.54, 1.807) is 0 Å². The van der Waals surface area contributed by atoms with Crippen molar-refractivity contribution >= 4 is 17.7 Å². The van der Waals surface area contributed by atoms with Crippen LogP contribution in [0.2, 0.25) is 0 Å². The molecule has 3 atom stereocenters. The second-order valence-electron chi connectivity index (χ2n) is 4.45. The molecule has 0 aromatic rings. The molecule has 3 unspecified atom stereocenters. The van der Waals surface area contributed by atoms with Crippen molar-refractivity contribution in [3.63, 3.8) is 0 Å².